The highest BCUT2D eigenvalue weighted by molar-refractivity contribution is 6.30. The monoisotopic (exact) mass is 432 g/mol. The van der Waals surface area contributed by atoms with E-state index in [2.05, 4.69) is 5.32 Å². The van der Waals surface area contributed by atoms with Gasteiger partial charge in [-0.1, -0.05) is 36.6 Å². The zero-order valence-electron chi connectivity index (χ0n) is 17.1. The van der Waals surface area contributed by atoms with Crippen LogP contribution in [-0.4, -0.2) is 31.6 Å². The van der Waals surface area contributed by atoms with Crippen LogP contribution in [0.25, 0.3) is 0 Å². The lowest BCUT2D eigenvalue weighted by Gasteiger charge is -2.28. The van der Waals surface area contributed by atoms with Crippen LogP contribution in [-0.2, 0) is 16.6 Å². The fourth-order valence-corrected chi connectivity index (χ4v) is 4.28. The molecule has 1 saturated carbocycles. The third kappa shape index (κ3) is 4.36. The Kier molecular flexibility index (Phi) is 6.82. The third-order valence-corrected chi connectivity index (χ3v) is 6.00. The molecule has 30 heavy (non-hydrogen) atoms. The SMILES string of the molecule is COc1cc(CCNC(=O)C2(c3ccc(Cl)cc3)CCCC2)c([N+](=O)[O-])cc1OC. The molecule has 0 radical (unpaired) electrons. The highest BCUT2D eigenvalue weighted by Crippen LogP contribution is 2.42. The Morgan fingerprint density at radius 3 is 2.30 bits per heavy atom. The molecule has 7 nitrogen and oxygen atoms in total. The minimum Gasteiger partial charge on any atom is -0.493 e. The summed E-state index contributed by atoms with van der Waals surface area (Å²) >= 11 is 6.01. The van der Waals surface area contributed by atoms with Crippen molar-refractivity contribution in [1.29, 1.82) is 0 Å². The molecule has 0 spiro atoms. The summed E-state index contributed by atoms with van der Waals surface area (Å²) in [4.78, 5) is 24.2. The summed E-state index contributed by atoms with van der Waals surface area (Å²) in [5.74, 6) is 0.660. The van der Waals surface area contributed by atoms with Crippen LogP contribution in [0.15, 0.2) is 36.4 Å². The maximum atomic E-state index is 13.2. The van der Waals surface area contributed by atoms with Crippen molar-refractivity contribution in [1.82, 2.24) is 5.32 Å². The molecular formula is C22H25ClN2O5. The average molecular weight is 433 g/mol. The van der Waals surface area contributed by atoms with Crippen molar-refractivity contribution in [3.05, 3.63) is 62.7 Å². The normalized spacial score (nSPS) is 14.9. The molecule has 2 aromatic carbocycles. The summed E-state index contributed by atoms with van der Waals surface area (Å²) in [6, 6.07) is 10.4. The van der Waals surface area contributed by atoms with E-state index in [1.807, 2.05) is 12.1 Å². The van der Waals surface area contributed by atoms with Crippen LogP contribution in [0.3, 0.4) is 0 Å². The quantitative estimate of drug-likeness (QED) is 0.492. The molecule has 1 fully saturated rings. The predicted molar refractivity (Wildman–Crippen MR) is 115 cm³/mol. The van der Waals surface area contributed by atoms with Gasteiger partial charge >= 0.3 is 0 Å². The Balaban J connectivity index is 1.76. The zero-order chi connectivity index (χ0) is 21.7. The van der Waals surface area contributed by atoms with Gasteiger partial charge in [-0.2, -0.15) is 0 Å². The molecule has 0 unspecified atom stereocenters. The number of methoxy groups -OCH3 is 2. The van der Waals surface area contributed by atoms with Gasteiger partial charge in [0, 0.05) is 17.1 Å². The second-order valence-electron chi connectivity index (χ2n) is 7.40. The lowest BCUT2D eigenvalue weighted by molar-refractivity contribution is -0.385. The number of amides is 1. The van der Waals surface area contributed by atoms with Gasteiger partial charge < -0.3 is 14.8 Å². The van der Waals surface area contributed by atoms with Gasteiger partial charge in [-0.05, 0) is 43.0 Å². The smallest absolute Gasteiger partial charge is 0.276 e. The second-order valence-corrected chi connectivity index (χ2v) is 7.83. The van der Waals surface area contributed by atoms with Crippen LogP contribution in [0.2, 0.25) is 5.02 Å². The molecule has 1 aliphatic carbocycles. The third-order valence-electron chi connectivity index (χ3n) is 5.75. The number of nitro benzene ring substituents is 1. The van der Waals surface area contributed by atoms with Crippen molar-refractivity contribution in [2.24, 2.45) is 0 Å². The number of hydrogen-bond acceptors (Lipinski definition) is 5. The van der Waals surface area contributed by atoms with Crippen molar-refractivity contribution < 1.29 is 19.2 Å². The van der Waals surface area contributed by atoms with E-state index in [1.54, 1.807) is 18.2 Å². The van der Waals surface area contributed by atoms with Gasteiger partial charge in [0.2, 0.25) is 5.91 Å². The van der Waals surface area contributed by atoms with Crippen LogP contribution in [0, 0.1) is 10.1 Å². The Hall–Kier alpha value is -2.80. The summed E-state index contributed by atoms with van der Waals surface area (Å²) < 4.78 is 10.4. The van der Waals surface area contributed by atoms with Crippen molar-refractivity contribution in [3.8, 4) is 11.5 Å². The topological polar surface area (TPSA) is 90.7 Å². The van der Waals surface area contributed by atoms with Crippen LogP contribution in [0.1, 0.15) is 36.8 Å². The number of ether oxygens (including phenoxy) is 2. The number of nitrogens with zero attached hydrogens (tertiary/aromatic N) is 1. The zero-order valence-corrected chi connectivity index (χ0v) is 17.8. The van der Waals surface area contributed by atoms with Crippen LogP contribution >= 0.6 is 11.6 Å². The number of carbonyl (C=O) groups excluding carboxylic acids is 1. The Morgan fingerprint density at radius 1 is 1.13 bits per heavy atom. The first-order chi connectivity index (χ1) is 14.4. The van der Waals surface area contributed by atoms with Gasteiger partial charge in [0.1, 0.15) is 0 Å². The van der Waals surface area contributed by atoms with Crippen molar-refractivity contribution in [3.63, 3.8) is 0 Å². The number of carbonyl (C=O) groups is 1. The maximum absolute atomic E-state index is 13.2. The molecule has 1 N–H and O–H groups in total. The molecule has 160 valence electrons. The van der Waals surface area contributed by atoms with Crippen molar-refractivity contribution in [2.75, 3.05) is 20.8 Å². The van der Waals surface area contributed by atoms with Gasteiger partial charge in [0.05, 0.1) is 30.6 Å². The van der Waals surface area contributed by atoms with Crippen molar-refractivity contribution >= 4 is 23.2 Å². The summed E-state index contributed by atoms with van der Waals surface area (Å²) in [6.45, 7) is 0.282. The highest BCUT2D eigenvalue weighted by atomic mass is 35.5. The molecule has 0 bridgehead atoms. The molecule has 1 aliphatic rings. The van der Waals surface area contributed by atoms with E-state index in [0.29, 0.717) is 28.5 Å². The van der Waals surface area contributed by atoms with Gasteiger partial charge in [-0.25, -0.2) is 0 Å². The summed E-state index contributed by atoms with van der Waals surface area (Å²) in [7, 11) is 2.91. The first-order valence-corrected chi connectivity index (χ1v) is 10.2. The molecule has 8 heteroatoms. The summed E-state index contributed by atoms with van der Waals surface area (Å²) in [6.07, 6.45) is 3.82. The summed E-state index contributed by atoms with van der Waals surface area (Å²) in [5, 5.41) is 15.1. The number of benzene rings is 2. The highest BCUT2D eigenvalue weighted by Gasteiger charge is 2.42. The Labute approximate surface area is 180 Å². The maximum Gasteiger partial charge on any atom is 0.276 e. The molecule has 2 aromatic rings. The van der Waals surface area contributed by atoms with E-state index in [1.165, 1.54) is 20.3 Å². The van der Waals surface area contributed by atoms with E-state index in [0.717, 1.165) is 31.2 Å². The van der Waals surface area contributed by atoms with Crippen LogP contribution in [0.4, 0.5) is 5.69 Å². The van der Waals surface area contributed by atoms with Crippen LogP contribution in [0.5, 0.6) is 11.5 Å². The minimum absolute atomic E-state index is 0.0505. The van der Waals surface area contributed by atoms with Gasteiger partial charge in [-0.15, -0.1) is 0 Å². The molecule has 0 saturated heterocycles. The average Bonchev–Trinajstić information content (AvgIpc) is 3.24. The summed E-state index contributed by atoms with van der Waals surface area (Å²) in [5.41, 5.74) is 0.799. The largest absolute Gasteiger partial charge is 0.493 e. The molecule has 0 aromatic heterocycles. The van der Waals surface area contributed by atoms with E-state index in [4.69, 9.17) is 21.1 Å². The van der Waals surface area contributed by atoms with E-state index in [-0.39, 0.29) is 18.1 Å². The van der Waals surface area contributed by atoms with Crippen LogP contribution < -0.4 is 14.8 Å². The Bertz CT molecular complexity index is 924. The molecule has 3 rings (SSSR count). The van der Waals surface area contributed by atoms with E-state index >= 15 is 0 Å². The van der Waals surface area contributed by atoms with Gasteiger partial charge in [0.15, 0.2) is 11.5 Å². The number of rotatable bonds is 8. The molecule has 0 aliphatic heterocycles. The molecule has 0 atom stereocenters. The lowest BCUT2D eigenvalue weighted by atomic mass is 9.78. The first-order valence-electron chi connectivity index (χ1n) is 9.85. The molecule has 1 amide bonds. The number of hydrogen-bond donors (Lipinski definition) is 1. The standard InChI is InChI=1S/C22H25ClN2O5/c1-29-19-13-15(18(25(27)28)14-20(19)30-2)9-12-24-21(26)22(10-3-4-11-22)16-5-7-17(23)8-6-16/h5-8,13-14H,3-4,9-12H2,1-2H3,(H,24,26). The fourth-order valence-electron chi connectivity index (χ4n) is 4.15. The minimum atomic E-state index is -0.575. The van der Waals surface area contributed by atoms with Gasteiger partial charge in [-0.3, -0.25) is 14.9 Å². The number of nitro groups is 1. The Morgan fingerprint density at radius 2 is 1.73 bits per heavy atom. The van der Waals surface area contributed by atoms with E-state index in [9.17, 15) is 14.9 Å². The molecule has 0 heterocycles. The van der Waals surface area contributed by atoms with Gasteiger partial charge in [0.25, 0.3) is 5.69 Å². The molecular weight excluding hydrogens is 408 g/mol. The number of halogens is 1. The first kappa shape index (κ1) is 21.9. The fraction of sp³-hybridized carbons (Fsp3) is 0.409. The second kappa shape index (κ2) is 9.34. The predicted octanol–water partition coefficient (Wildman–Crippen LogP) is 4.44. The lowest BCUT2D eigenvalue weighted by Crippen LogP contribution is -2.43. The number of nitrogens with one attached hydrogen (secondary N) is 1. The van der Waals surface area contributed by atoms with Crippen molar-refractivity contribution in [2.45, 2.75) is 37.5 Å². The van der Waals surface area contributed by atoms with E-state index < -0.39 is 10.3 Å².